The van der Waals surface area contributed by atoms with Crippen molar-refractivity contribution in [3.05, 3.63) is 75.6 Å². The van der Waals surface area contributed by atoms with E-state index in [1.54, 1.807) is 19.1 Å². The highest BCUT2D eigenvalue weighted by molar-refractivity contribution is 7.15. The zero-order valence-corrected chi connectivity index (χ0v) is 17.5. The number of amides is 1. The van der Waals surface area contributed by atoms with E-state index in [0.29, 0.717) is 17.7 Å². The average Bonchev–Trinajstić information content (AvgIpc) is 3.21. The number of carbonyl (C=O) groups excluding carboxylic acids is 1. The van der Waals surface area contributed by atoms with Crippen molar-refractivity contribution in [1.29, 1.82) is 5.26 Å². The molecule has 0 aliphatic heterocycles. The summed E-state index contributed by atoms with van der Waals surface area (Å²) in [5.41, 5.74) is 7.35. The molecule has 1 amide bonds. The van der Waals surface area contributed by atoms with Crippen LogP contribution in [-0.2, 0) is 4.79 Å². The highest BCUT2D eigenvalue weighted by atomic mass is 35.5. The van der Waals surface area contributed by atoms with Gasteiger partial charge in [-0.2, -0.15) is 5.26 Å². The fourth-order valence-corrected chi connectivity index (χ4v) is 4.11. The lowest BCUT2D eigenvalue weighted by Crippen LogP contribution is -2.24. The molecule has 3 aromatic rings. The van der Waals surface area contributed by atoms with Crippen molar-refractivity contribution in [1.82, 2.24) is 0 Å². The van der Waals surface area contributed by atoms with Gasteiger partial charge in [0.1, 0.15) is 17.7 Å². The van der Waals surface area contributed by atoms with Gasteiger partial charge in [0.15, 0.2) is 0 Å². The number of hydrogen-bond acceptors (Lipinski definition) is 4. The van der Waals surface area contributed by atoms with Crippen LogP contribution in [0.1, 0.15) is 29.8 Å². The van der Waals surface area contributed by atoms with Crippen molar-refractivity contribution >= 4 is 34.5 Å². The highest BCUT2D eigenvalue weighted by Crippen LogP contribution is 2.33. The molecule has 8 heteroatoms. The lowest BCUT2D eigenvalue weighted by Gasteiger charge is -2.16. The summed E-state index contributed by atoms with van der Waals surface area (Å²) >= 11 is 7.15. The Morgan fingerprint density at radius 2 is 1.97 bits per heavy atom. The summed E-state index contributed by atoms with van der Waals surface area (Å²) in [7, 11) is 0. The van der Waals surface area contributed by atoms with Crippen LogP contribution in [0, 0.1) is 28.9 Å². The van der Waals surface area contributed by atoms with Gasteiger partial charge in [-0.3, -0.25) is 4.79 Å². The van der Waals surface area contributed by atoms with Gasteiger partial charge in [-0.1, -0.05) is 24.6 Å². The third-order valence-electron chi connectivity index (χ3n) is 4.61. The molecule has 0 bridgehead atoms. The predicted molar refractivity (Wildman–Crippen MR) is 115 cm³/mol. The summed E-state index contributed by atoms with van der Waals surface area (Å²) in [6, 6.07) is 13.5. The first-order valence-electron chi connectivity index (χ1n) is 9.09. The van der Waals surface area contributed by atoms with Crippen molar-refractivity contribution in [3.63, 3.8) is 0 Å². The first kappa shape index (κ1) is 21.9. The van der Waals surface area contributed by atoms with Crippen LogP contribution in [0.15, 0.2) is 48.5 Å². The van der Waals surface area contributed by atoms with Crippen LogP contribution in [0.2, 0.25) is 5.02 Å². The smallest absolute Gasteiger partial charge is 0.227 e. The minimum Gasteiger partial charge on any atom is -0.326 e. The van der Waals surface area contributed by atoms with E-state index in [9.17, 15) is 13.6 Å². The largest absolute Gasteiger partial charge is 0.326 e. The third-order valence-corrected chi connectivity index (χ3v) is 6.16. The van der Waals surface area contributed by atoms with Crippen molar-refractivity contribution in [2.45, 2.75) is 19.4 Å². The SMILES string of the molecule is CC(CC(N)c1ccc(-c2ccc(C#N)c(F)c2)s1)C(=O)Nc1ccc(F)c(Cl)c1. The molecule has 2 aromatic carbocycles. The topological polar surface area (TPSA) is 78.9 Å². The van der Waals surface area contributed by atoms with E-state index in [-0.39, 0.29) is 22.5 Å². The van der Waals surface area contributed by atoms with Crippen molar-refractivity contribution in [3.8, 4) is 16.5 Å². The molecular formula is C22H18ClF2N3OS. The van der Waals surface area contributed by atoms with Crippen LogP contribution in [-0.4, -0.2) is 5.91 Å². The van der Waals surface area contributed by atoms with Gasteiger partial charge in [-0.15, -0.1) is 11.3 Å². The Bertz CT molecular complexity index is 1130. The van der Waals surface area contributed by atoms with Gasteiger partial charge in [0.2, 0.25) is 5.91 Å². The summed E-state index contributed by atoms with van der Waals surface area (Å²) < 4.78 is 27.1. The fraction of sp³-hybridized carbons (Fsp3) is 0.182. The summed E-state index contributed by atoms with van der Waals surface area (Å²) in [6.07, 6.45) is 0.391. The zero-order valence-electron chi connectivity index (χ0n) is 16.0. The first-order valence-corrected chi connectivity index (χ1v) is 10.3. The number of thiophene rings is 1. The van der Waals surface area contributed by atoms with Crippen molar-refractivity contribution < 1.29 is 13.6 Å². The van der Waals surface area contributed by atoms with Crippen LogP contribution >= 0.6 is 22.9 Å². The Kier molecular flexibility index (Phi) is 6.83. The number of nitrogens with zero attached hydrogens (tertiary/aromatic N) is 1. The Morgan fingerprint density at radius 1 is 1.20 bits per heavy atom. The monoisotopic (exact) mass is 445 g/mol. The van der Waals surface area contributed by atoms with E-state index in [1.165, 1.54) is 41.7 Å². The predicted octanol–water partition coefficient (Wildman–Crippen LogP) is 5.88. The minimum atomic E-state index is -0.569. The number of nitriles is 1. The fourth-order valence-electron chi connectivity index (χ4n) is 2.91. The van der Waals surface area contributed by atoms with Crippen LogP contribution < -0.4 is 11.1 Å². The molecule has 0 saturated heterocycles. The number of nitrogens with two attached hydrogens (primary N) is 1. The number of rotatable bonds is 6. The summed E-state index contributed by atoms with van der Waals surface area (Å²) in [5, 5.41) is 11.5. The van der Waals surface area contributed by atoms with Gasteiger partial charge in [-0.25, -0.2) is 8.78 Å². The minimum absolute atomic E-state index is 0.00508. The van der Waals surface area contributed by atoms with Crippen LogP contribution in [0.5, 0.6) is 0 Å². The second-order valence-corrected chi connectivity index (χ2v) is 8.39. The van der Waals surface area contributed by atoms with E-state index in [2.05, 4.69) is 5.32 Å². The summed E-state index contributed by atoms with van der Waals surface area (Å²) in [6.45, 7) is 1.75. The number of anilines is 1. The molecule has 30 heavy (non-hydrogen) atoms. The number of hydrogen-bond donors (Lipinski definition) is 2. The number of carbonyl (C=O) groups is 1. The van der Waals surface area contributed by atoms with Gasteiger partial charge in [0, 0.05) is 27.4 Å². The molecule has 4 nitrogen and oxygen atoms in total. The van der Waals surface area contributed by atoms with E-state index < -0.39 is 17.6 Å². The molecule has 3 rings (SSSR count). The zero-order chi connectivity index (χ0) is 21.8. The number of nitrogens with one attached hydrogen (secondary N) is 1. The maximum Gasteiger partial charge on any atom is 0.227 e. The molecule has 1 aromatic heterocycles. The Hall–Kier alpha value is -2.79. The average molecular weight is 446 g/mol. The number of benzene rings is 2. The van der Waals surface area contributed by atoms with Gasteiger partial charge >= 0.3 is 0 Å². The number of halogens is 3. The van der Waals surface area contributed by atoms with Crippen LogP contribution in [0.4, 0.5) is 14.5 Å². The molecule has 0 fully saturated rings. The Balaban J connectivity index is 1.65. The maximum atomic E-state index is 13.9. The van der Waals surface area contributed by atoms with Gasteiger partial charge < -0.3 is 11.1 Å². The first-order chi connectivity index (χ1) is 14.3. The molecule has 0 aliphatic rings. The van der Waals surface area contributed by atoms with Crippen LogP contribution in [0.3, 0.4) is 0 Å². The second-order valence-electron chi connectivity index (χ2n) is 6.87. The highest BCUT2D eigenvalue weighted by Gasteiger charge is 2.20. The molecule has 3 N–H and O–H groups in total. The molecule has 2 unspecified atom stereocenters. The Labute approximate surface area is 181 Å². The third kappa shape index (κ3) is 5.03. The summed E-state index contributed by atoms with van der Waals surface area (Å²) in [5.74, 6) is -1.78. The Morgan fingerprint density at radius 3 is 2.63 bits per heavy atom. The van der Waals surface area contributed by atoms with Gasteiger partial charge in [-0.05, 0) is 54.4 Å². The van der Waals surface area contributed by atoms with E-state index in [0.717, 1.165) is 9.75 Å². The lowest BCUT2D eigenvalue weighted by atomic mass is 10.0. The molecule has 1 heterocycles. The molecular weight excluding hydrogens is 428 g/mol. The molecule has 0 radical (unpaired) electrons. The van der Waals surface area contributed by atoms with Crippen molar-refractivity contribution in [2.24, 2.45) is 11.7 Å². The van der Waals surface area contributed by atoms with Crippen molar-refractivity contribution in [2.75, 3.05) is 5.32 Å². The standard InChI is InChI=1S/C22H18ClF2N3OS/c1-12(22(29)28-15-4-5-17(24)16(23)10-15)8-19(27)21-7-6-20(30-21)13-2-3-14(11-26)18(25)9-13/h2-7,9-10,12,19H,8,27H2,1H3,(H,28,29). The molecule has 0 spiro atoms. The lowest BCUT2D eigenvalue weighted by molar-refractivity contribution is -0.119. The van der Waals surface area contributed by atoms with Gasteiger partial charge in [0.25, 0.3) is 0 Å². The second kappa shape index (κ2) is 9.35. The molecule has 0 saturated carbocycles. The van der Waals surface area contributed by atoms with E-state index in [4.69, 9.17) is 22.6 Å². The molecule has 2 atom stereocenters. The van der Waals surface area contributed by atoms with E-state index in [1.807, 2.05) is 12.1 Å². The van der Waals surface area contributed by atoms with Gasteiger partial charge in [0.05, 0.1) is 10.6 Å². The maximum absolute atomic E-state index is 13.9. The van der Waals surface area contributed by atoms with E-state index >= 15 is 0 Å². The molecule has 0 aliphatic carbocycles. The summed E-state index contributed by atoms with van der Waals surface area (Å²) in [4.78, 5) is 14.1. The normalized spacial score (nSPS) is 12.8. The van der Waals surface area contributed by atoms with Crippen LogP contribution in [0.25, 0.3) is 10.4 Å². The molecule has 154 valence electrons. The quantitative estimate of drug-likeness (QED) is 0.497.